The van der Waals surface area contributed by atoms with Crippen LogP contribution in [0.25, 0.3) is 11.3 Å². The van der Waals surface area contributed by atoms with Gasteiger partial charge in [0.1, 0.15) is 0 Å². The zero-order valence-electron chi connectivity index (χ0n) is 12.0. The molecule has 4 nitrogen and oxygen atoms in total. The summed E-state index contributed by atoms with van der Waals surface area (Å²) in [7, 11) is 0. The summed E-state index contributed by atoms with van der Waals surface area (Å²) in [5, 5.41) is 12.0. The average Bonchev–Trinajstić information content (AvgIpc) is 2.45. The van der Waals surface area contributed by atoms with Crippen LogP contribution in [0.1, 0.15) is 19.5 Å². The predicted molar refractivity (Wildman–Crippen MR) is 81.6 cm³/mol. The van der Waals surface area contributed by atoms with Gasteiger partial charge in [-0.25, -0.2) is 9.97 Å². The Labute approximate surface area is 119 Å². The van der Waals surface area contributed by atoms with Gasteiger partial charge in [-0.1, -0.05) is 44.2 Å². The van der Waals surface area contributed by atoms with Gasteiger partial charge < -0.3 is 10.4 Å². The van der Waals surface area contributed by atoms with Crippen LogP contribution in [0.3, 0.4) is 0 Å². The van der Waals surface area contributed by atoms with Crippen LogP contribution in [0.4, 0.5) is 5.95 Å². The third-order valence-electron chi connectivity index (χ3n) is 2.86. The fourth-order valence-electron chi connectivity index (χ4n) is 2.02. The quantitative estimate of drug-likeness (QED) is 0.848. The van der Waals surface area contributed by atoms with Gasteiger partial charge >= 0.3 is 0 Å². The summed E-state index contributed by atoms with van der Waals surface area (Å²) < 4.78 is 0. The Balaban J connectivity index is 2.34. The lowest BCUT2D eigenvalue weighted by molar-refractivity contribution is 0.311. The van der Waals surface area contributed by atoms with Crippen LogP contribution >= 0.6 is 0 Å². The monoisotopic (exact) mass is 271 g/mol. The van der Waals surface area contributed by atoms with Crippen molar-refractivity contribution in [2.75, 3.05) is 18.5 Å². The van der Waals surface area contributed by atoms with E-state index in [4.69, 9.17) is 5.11 Å². The van der Waals surface area contributed by atoms with Crippen LogP contribution in [-0.4, -0.2) is 28.2 Å². The zero-order valence-corrected chi connectivity index (χ0v) is 12.0. The Morgan fingerprint density at radius 3 is 2.55 bits per heavy atom. The number of nitrogens with zero attached hydrogens (tertiary/aromatic N) is 2. The lowest BCUT2D eigenvalue weighted by Gasteiger charge is -2.10. The van der Waals surface area contributed by atoms with Crippen molar-refractivity contribution in [2.45, 2.75) is 20.3 Å². The van der Waals surface area contributed by atoms with Gasteiger partial charge in [-0.15, -0.1) is 0 Å². The Morgan fingerprint density at radius 2 is 1.90 bits per heavy atom. The molecule has 0 saturated heterocycles. The van der Waals surface area contributed by atoms with Crippen molar-refractivity contribution in [2.24, 2.45) is 5.92 Å². The molecule has 0 spiro atoms. The van der Waals surface area contributed by atoms with Crippen LogP contribution in [0.5, 0.6) is 0 Å². The van der Waals surface area contributed by atoms with Crippen LogP contribution in [0.15, 0.2) is 36.4 Å². The fourth-order valence-corrected chi connectivity index (χ4v) is 2.02. The molecule has 0 amide bonds. The van der Waals surface area contributed by atoms with Crippen molar-refractivity contribution in [3.63, 3.8) is 0 Å². The van der Waals surface area contributed by atoms with Gasteiger partial charge in [-0.2, -0.15) is 0 Å². The predicted octanol–water partition coefficient (Wildman–Crippen LogP) is 2.75. The molecule has 0 radical (unpaired) electrons. The molecule has 0 aliphatic rings. The van der Waals surface area contributed by atoms with E-state index in [1.807, 2.05) is 36.4 Å². The van der Waals surface area contributed by atoms with Crippen LogP contribution in [0.2, 0.25) is 0 Å². The summed E-state index contributed by atoms with van der Waals surface area (Å²) in [5.41, 5.74) is 3.01. The van der Waals surface area contributed by atoms with Gasteiger partial charge in [0.15, 0.2) is 0 Å². The van der Waals surface area contributed by atoms with Crippen LogP contribution in [0, 0.1) is 5.92 Å². The van der Waals surface area contributed by atoms with Crippen molar-refractivity contribution < 1.29 is 5.11 Å². The molecular formula is C16H21N3O. The second-order valence-electron chi connectivity index (χ2n) is 5.18. The highest BCUT2D eigenvalue weighted by Crippen LogP contribution is 2.20. The van der Waals surface area contributed by atoms with E-state index in [0.29, 0.717) is 18.4 Å². The molecule has 4 heteroatoms. The molecule has 0 aliphatic carbocycles. The van der Waals surface area contributed by atoms with E-state index in [2.05, 4.69) is 29.1 Å². The van der Waals surface area contributed by atoms with E-state index in [-0.39, 0.29) is 6.61 Å². The lowest BCUT2D eigenvalue weighted by Crippen LogP contribution is -2.11. The number of aromatic nitrogens is 2. The summed E-state index contributed by atoms with van der Waals surface area (Å²) in [6.07, 6.45) is 0.913. The third-order valence-corrected chi connectivity index (χ3v) is 2.86. The van der Waals surface area contributed by atoms with Gasteiger partial charge in [-0.3, -0.25) is 0 Å². The summed E-state index contributed by atoms with van der Waals surface area (Å²) in [5.74, 6) is 1.12. The minimum atomic E-state index is 0.0679. The first-order valence-electron chi connectivity index (χ1n) is 6.97. The third kappa shape index (κ3) is 4.03. The fraction of sp³-hybridized carbons (Fsp3) is 0.375. The maximum atomic E-state index is 8.91. The minimum absolute atomic E-state index is 0.0679. The molecule has 0 aliphatic heterocycles. The molecule has 0 atom stereocenters. The lowest BCUT2D eigenvalue weighted by atomic mass is 10.1. The number of anilines is 1. The number of hydrogen-bond donors (Lipinski definition) is 2. The van der Waals surface area contributed by atoms with Crippen molar-refractivity contribution in [1.82, 2.24) is 9.97 Å². The second kappa shape index (κ2) is 7.01. The molecule has 0 unspecified atom stereocenters. The maximum absolute atomic E-state index is 8.91. The minimum Gasteiger partial charge on any atom is -0.395 e. The molecule has 2 rings (SSSR count). The number of benzene rings is 1. The van der Waals surface area contributed by atoms with E-state index >= 15 is 0 Å². The van der Waals surface area contributed by atoms with E-state index in [1.54, 1.807) is 0 Å². The molecule has 0 fully saturated rings. The summed E-state index contributed by atoms with van der Waals surface area (Å²) >= 11 is 0. The standard InChI is InChI=1S/C16H21N3O/c1-12(2)10-14-11-15(13-6-4-3-5-7-13)19-16(18-14)17-8-9-20/h3-7,11-12,20H,8-10H2,1-2H3,(H,17,18,19). The van der Waals surface area contributed by atoms with Gasteiger partial charge in [0, 0.05) is 17.8 Å². The number of aliphatic hydroxyl groups excluding tert-OH is 1. The van der Waals surface area contributed by atoms with E-state index < -0.39 is 0 Å². The van der Waals surface area contributed by atoms with Crippen LogP contribution in [-0.2, 0) is 6.42 Å². The zero-order chi connectivity index (χ0) is 14.4. The van der Waals surface area contributed by atoms with E-state index in [0.717, 1.165) is 23.4 Å². The van der Waals surface area contributed by atoms with Crippen LogP contribution < -0.4 is 5.32 Å². The Bertz CT molecular complexity index is 541. The van der Waals surface area contributed by atoms with Gasteiger partial charge in [0.2, 0.25) is 5.95 Å². The largest absolute Gasteiger partial charge is 0.395 e. The number of aliphatic hydroxyl groups is 1. The number of nitrogens with one attached hydrogen (secondary N) is 1. The molecule has 0 saturated carbocycles. The average molecular weight is 271 g/mol. The molecule has 20 heavy (non-hydrogen) atoms. The highest BCUT2D eigenvalue weighted by molar-refractivity contribution is 5.60. The SMILES string of the molecule is CC(C)Cc1cc(-c2ccccc2)nc(NCCO)n1. The topological polar surface area (TPSA) is 58.0 Å². The normalized spacial score (nSPS) is 10.8. The summed E-state index contributed by atoms with van der Waals surface area (Å²) in [4.78, 5) is 9.02. The highest BCUT2D eigenvalue weighted by atomic mass is 16.3. The van der Waals surface area contributed by atoms with E-state index in [9.17, 15) is 0 Å². The van der Waals surface area contributed by atoms with Gasteiger partial charge in [0.25, 0.3) is 0 Å². The van der Waals surface area contributed by atoms with Gasteiger partial charge in [-0.05, 0) is 18.4 Å². The second-order valence-corrected chi connectivity index (χ2v) is 5.18. The maximum Gasteiger partial charge on any atom is 0.223 e. The molecular weight excluding hydrogens is 250 g/mol. The number of hydrogen-bond acceptors (Lipinski definition) is 4. The molecule has 106 valence electrons. The number of rotatable bonds is 6. The van der Waals surface area contributed by atoms with Crippen molar-refractivity contribution in [3.8, 4) is 11.3 Å². The van der Waals surface area contributed by atoms with Crippen molar-refractivity contribution in [3.05, 3.63) is 42.1 Å². The Morgan fingerprint density at radius 1 is 1.15 bits per heavy atom. The molecule has 1 aromatic carbocycles. The first-order valence-corrected chi connectivity index (χ1v) is 6.97. The molecule has 2 aromatic rings. The molecule has 2 N–H and O–H groups in total. The Kier molecular flexibility index (Phi) is 5.07. The summed E-state index contributed by atoms with van der Waals surface area (Å²) in [6.45, 7) is 4.87. The molecule has 0 bridgehead atoms. The van der Waals surface area contributed by atoms with Crippen molar-refractivity contribution >= 4 is 5.95 Å². The highest BCUT2D eigenvalue weighted by Gasteiger charge is 2.07. The first-order chi connectivity index (χ1) is 9.69. The first kappa shape index (κ1) is 14.5. The molecule has 1 aromatic heterocycles. The Hall–Kier alpha value is -1.94. The summed E-state index contributed by atoms with van der Waals surface area (Å²) in [6, 6.07) is 12.1. The van der Waals surface area contributed by atoms with Crippen molar-refractivity contribution in [1.29, 1.82) is 0 Å². The van der Waals surface area contributed by atoms with Gasteiger partial charge in [0.05, 0.1) is 12.3 Å². The molecule has 1 heterocycles. The van der Waals surface area contributed by atoms with E-state index in [1.165, 1.54) is 0 Å². The smallest absolute Gasteiger partial charge is 0.223 e.